The van der Waals surface area contributed by atoms with E-state index in [1.54, 1.807) is 0 Å². The lowest BCUT2D eigenvalue weighted by atomic mass is 9.77. The highest BCUT2D eigenvalue weighted by Crippen LogP contribution is 2.36. The third-order valence-electron chi connectivity index (χ3n) is 5.10. The van der Waals surface area contributed by atoms with Crippen LogP contribution < -0.4 is 5.32 Å². The van der Waals surface area contributed by atoms with Gasteiger partial charge in [0.15, 0.2) is 0 Å². The van der Waals surface area contributed by atoms with Gasteiger partial charge in [-0.05, 0) is 25.7 Å². The SMILES string of the molecule is O=C(C1CCCCC1)C1CNC2OC(CO)CC2C1. The van der Waals surface area contributed by atoms with Crippen molar-refractivity contribution in [3.63, 3.8) is 0 Å². The largest absolute Gasteiger partial charge is 0.394 e. The van der Waals surface area contributed by atoms with Crippen LogP contribution in [0.1, 0.15) is 44.9 Å². The van der Waals surface area contributed by atoms with Gasteiger partial charge in [-0.1, -0.05) is 19.3 Å². The van der Waals surface area contributed by atoms with Gasteiger partial charge in [0.1, 0.15) is 12.0 Å². The van der Waals surface area contributed by atoms with Crippen LogP contribution in [0, 0.1) is 17.8 Å². The molecule has 4 heteroatoms. The van der Waals surface area contributed by atoms with E-state index in [0.717, 1.165) is 32.2 Å². The molecule has 2 saturated heterocycles. The Bertz CT molecular complexity index is 327. The van der Waals surface area contributed by atoms with Crippen molar-refractivity contribution in [1.29, 1.82) is 0 Å². The summed E-state index contributed by atoms with van der Waals surface area (Å²) in [5.41, 5.74) is 0. The Morgan fingerprint density at radius 1 is 1.16 bits per heavy atom. The lowest BCUT2D eigenvalue weighted by molar-refractivity contribution is -0.130. The molecule has 1 aliphatic carbocycles. The smallest absolute Gasteiger partial charge is 0.140 e. The Morgan fingerprint density at radius 2 is 1.95 bits per heavy atom. The average molecular weight is 267 g/mol. The van der Waals surface area contributed by atoms with Crippen LogP contribution in [0.4, 0.5) is 0 Å². The fraction of sp³-hybridized carbons (Fsp3) is 0.933. The van der Waals surface area contributed by atoms with Crippen molar-refractivity contribution in [2.75, 3.05) is 13.2 Å². The number of Topliss-reactive ketones (excluding diaryl/α,β-unsaturated/α-hetero) is 1. The zero-order chi connectivity index (χ0) is 13.2. The van der Waals surface area contributed by atoms with E-state index in [0.29, 0.717) is 17.6 Å². The number of carbonyl (C=O) groups excluding carboxylic acids is 1. The van der Waals surface area contributed by atoms with E-state index in [-0.39, 0.29) is 24.9 Å². The number of ketones is 1. The van der Waals surface area contributed by atoms with E-state index in [1.807, 2.05) is 0 Å². The van der Waals surface area contributed by atoms with Crippen LogP contribution in [-0.2, 0) is 9.53 Å². The number of piperidine rings is 1. The quantitative estimate of drug-likeness (QED) is 0.813. The van der Waals surface area contributed by atoms with Crippen LogP contribution in [-0.4, -0.2) is 36.4 Å². The number of nitrogens with one attached hydrogen (secondary N) is 1. The van der Waals surface area contributed by atoms with E-state index in [1.165, 1.54) is 19.3 Å². The molecule has 0 aromatic carbocycles. The lowest BCUT2D eigenvalue weighted by Gasteiger charge is -2.33. The van der Waals surface area contributed by atoms with E-state index < -0.39 is 0 Å². The molecule has 108 valence electrons. The second-order valence-corrected chi connectivity index (χ2v) is 6.44. The minimum Gasteiger partial charge on any atom is -0.394 e. The van der Waals surface area contributed by atoms with Gasteiger partial charge in [-0.3, -0.25) is 10.1 Å². The minimum atomic E-state index is -0.0361. The normalized spacial score (nSPS) is 40.1. The molecular weight excluding hydrogens is 242 g/mol. The minimum absolute atomic E-state index is 0.0361. The van der Waals surface area contributed by atoms with Crippen LogP contribution in [0.25, 0.3) is 0 Å². The van der Waals surface area contributed by atoms with Crippen LogP contribution >= 0.6 is 0 Å². The third kappa shape index (κ3) is 2.86. The molecule has 0 bridgehead atoms. The molecule has 3 rings (SSSR count). The van der Waals surface area contributed by atoms with Gasteiger partial charge in [-0.15, -0.1) is 0 Å². The summed E-state index contributed by atoms with van der Waals surface area (Å²) < 4.78 is 5.72. The first-order valence-electron chi connectivity index (χ1n) is 7.81. The summed E-state index contributed by atoms with van der Waals surface area (Å²) in [6.45, 7) is 0.852. The average Bonchev–Trinajstić information content (AvgIpc) is 2.89. The van der Waals surface area contributed by atoms with Gasteiger partial charge in [-0.2, -0.15) is 0 Å². The summed E-state index contributed by atoms with van der Waals surface area (Å²) in [6.07, 6.45) is 7.79. The van der Waals surface area contributed by atoms with Crippen molar-refractivity contribution in [2.24, 2.45) is 17.8 Å². The highest BCUT2D eigenvalue weighted by atomic mass is 16.5. The van der Waals surface area contributed by atoms with Gasteiger partial charge in [-0.25, -0.2) is 0 Å². The topological polar surface area (TPSA) is 58.6 Å². The maximum absolute atomic E-state index is 12.6. The molecule has 19 heavy (non-hydrogen) atoms. The maximum atomic E-state index is 12.6. The molecule has 2 aliphatic heterocycles. The number of carbonyl (C=O) groups is 1. The van der Waals surface area contributed by atoms with Crippen LogP contribution in [0.3, 0.4) is 0 Å². The van der Waals surface area contributed by atoms with Crippen molar-refractivity contribution in [3.05, 3.63) is 0 Å². The van der Waals surface area contributed by atoms with Gasteiger partial charge >= 0.3 is 0 Å². The first-order valence-corrected chi connectivity index (χ1v) is 7.81. The number of rotatable bonds is 3. The molecule has 0 spiro atoms. The standard InChI is InChI=1S/C15H25NO3/c17-9-13-7-11-6-12(8-16-15(11)19-13)14(18)10-4-2-1-3-5-10/h10-13,15-17H,1-9H2. The summed E-state index contributed by atoms with van der Waals surface area (Å²) in [5.74, 6) is 1.37. The molecule has 3 aliphatic rings. The number of ether oxygens (including phenoxy) is 1. The van der Waals surface area contributed by atoms with E-state index in [2.05, 4.69) is 5.32 Å². The Morgan fingerprint density at radius 3 is 2.68 bits per heavy atom. The fourth-order valence-corrected chi connectivity index (χ4v) is 4.03. The van der Waals surface area contributed by atoms with Gasteiger partial charge < -0.3 is 9.84 Å². The van der Waals surface area contributed by atoms with Crippen LogP contribution in [0.5, 0.6) is 0 Å². The van der Waals surface area contributed by atoms with E-state index in [9.17, 15) is 9.90 Å². The zero-order valence-corrected chi connectivity index (χ0v) is 11.5. The number of aliphatic hydroxyl groups excluding tert-OH is 1. The number of aliphatic hydroxyl groups is 1. The van der Waals surface area contributed by atoms with Gasteiger partial charge in [0.05, 0.1) is 12.7 Å². The second-order valence-electron chi connectivity index (χ2n) is 6.44. The number of hydrogen-bond acceptors (Lipinski definition) is 4. The number of hydrogen-bond donors (Lipinski definition) is 2. The number of fused-ring (bicyclic) bond motifs is 1. The molecule has 0 amide bonds. The first kappa shape index (κ1) is 13.5. The monoisotopic (exact) mass is 267 g/mol. The van der Waals surface area contributed by atoms with Crippen molar-refractivity contribution in [1.82, 2.24) is 5.32 Å². The van der Waals surface area contributed by atoms with E-state index in [4.69, 9.17) is 4.74 Å². The predicted molar refractivity (Wildman–Crippen MR) is 71.5 cm³/mol. The van der Waals surface area contributed by atoms with Crippen molar-refractivity contribution in [2.45, 2.75) is 57.3 Å². The Balaban J connectivity index is 1.56. The maximum Gasteiger partial charge on any atom is 0.140 e. The first-order chi connectivity index (χ1) is 9.28. The van der Waals surface area contributed by atoms with E-state index >= 15 is 0 Å². The molecule has 0 aromatic heterocycles. The Labute approximate surface area is 114 Å². The molecule has 2 heterocycles. The molecule has 4 atom stereocenters. The highest BCUT2D eigenvalue weighted by molar-refractivity contribution is 5.83. The Hall–Kier alpha value is -0.450. The summed E-state index contributed by atoms with van der Waals surface area (Å²) in [7, 11) is 0. The molecule has 0 radical (unpaired) electrons. The van der Waals surface area contributed by atoms with Crippen molar-refractivity contribution < 1.29 is 14.6 Å². The van der Waals surface area contributed by atoms with Crippen molar-refractivity contribution in [3.8, 4) is 0 Å². The molecule has 2 N–H and O–H groups in total. The highest BCUT2D eigenvalue weighted by Gasteiger charge is 2.42. The molecule has 4 unspecified atom stereocenters. The summed E-state index contributed by atoms with van der Waals surface area (Å²) in [4.78, 5) is 12.6. The summed E-state index contributed by atoms with van der Waals surface area (Å²) in [6, 6.07) is 0. The van der Waals surface area contributed by atoms with Gasteiger partial charge in [0, 0.05) is 24.3 Å². The molecule has 0 aromatic rings. The zero-order valence-electron chi connectivity index (χ0n) is 11.5. The van der Waals surface area contributed by atoms with Crippen LogP contribution in [0.15, 0.2) is 0 Å². The predicted octanol–water partition coefficient (Wildman–Crippen LogP) is 1.47. The van der Waals surface area contributed by atoms with Gasteiger partial charge in [0.2, 0.25) is 0 Å². The second kappa shape index (κ2) is 5.90. The summed E-state index contributed by atoms with van der Waals surface area (Å²) in [5, 5.41) is 12.5. The molecular formula is C15H25NO3. The van der Waals surface area contributed by atoms with Gasteiger partial charge in [0.25, 0.3) is 0 Å². The molecule has 3 fully saturated rings. The Kier molecular flexibility index (Phi) is 4.20. The van der Waals surface area contributed by atoms with Crippen molar-refractivity contribution >= 4 is 5.78 Å². The molecule has 4 nitrogen and oxygen atoms in total. The lowest BCUT2D eigenvalue weighted by Crippen LogP contribution is -2.47. The molecule has 1 saturated carbocycles. The fourth-order valence-electron chi connectivity index (χ4n) is 4.03. The van der Waals surface area contributed by atoms with Crippen LogP contribution in [0.2, 0.25) is 0 Å². The third-order valence-corrected chi connectivity index (χ3v) is 5.10. The summed E-state index contributed by atoms with van der Waals surface area (Å²) >= 11 is 0.